The highest BCUT2D eigenvalue weighted by atomic mass is 16.6. The van der Waals surface area contributed by atoms with E-state index in [-0.39, 0.29) is 11.8 Å². The summed E-state index contributed by atoms with van der Waals surface area (Å²) in [5.74, 6) is -1.56. The van der Waals surface area contributed by atoms with Crippen LogP contribution < -0.4 is 16.0 Å². The lowest BCUT2D eigenvalue weighted by Crippen LogP contribution is -2.54. The number of nitrogens with one attached hydrogen (secondary N) is 4. The van der Waals surface area contributed by atoms with E-state index in [4.69, 9.17) is 4.74 Å². The zero-order valence-electron chi connectivity index (χ0n) is 41.8. The molecule has 2 fully saturated rings. The molecule has 15 heteroatoms. The van der Waals surface area contributed by atoms with Crippen molar-refractivity contribution in [1.29, 1.82) is 0 Å². The average Bonchev–Trinajstić information content (AvgIpc) is 4.12. The van der Waals surface area contributed by atoms with Crippen molar-refractivity contribution in [2.24, 2.45) is 0 Å². The molecule has 5 aromatic carbocycles. The molecule has 3 heterocycles. The van der Waals surface area contributed by atoms with E-state index in [9.17, 15) is 33.9 Å². The van der Waals surface area contributed by atoms with Crippen molar-refractivity contribution in [2.45, 2.75) is 109 Å². The Balaban J connectivity index is 1.02. The summed E-state index contributed by atoms with van der Waals surface area (Å²) in [5.41, 5.74) is 5.84. The molecule has 6 aromatic rings. The number of benzene rings is 5. The zero-order valence-corrected chi connectivity index (χ0v) is 41.8. The Morgan fingerprint density at radius 2 is 1.24 bits per heavy atom. The number of amides is 6. The number of carboxylic acid groups (broad SMARTS) is 1. The normalized spacial score (nSPS) is 16.7. The van der Waals surface area contributed by atoms with Crippen molar-refractivity contribution >= 4 is 58.1 Å². The van der Waals surface area contributed by atoms with Gasteiger partial charge in [-0.3, -0.25) is 24.1 Å². The summed E-state index contributed by atoms with van der Waals surface area (Å²) in [7, 11) is 0. The Morgan fingerprint density at radius 1 is 0.667 bits per heavy atom. The Hall–Kier alpha value is -7.94. The van der Waals surface area contributed by atoms with Crippen LogP contribution in [0.5, 0.6) is 0 Å². The Morgan fingerprint density at radius 3 is 1.81 bits per heavy atom. The summed E-state index contributed by atoms with van der Waals surface area (Å²) < 4.78 is 5.51. The topological polar surface area (TPSA) is 193 Å². The molecule has 0 unspecified atom stereocenters. The van der Waals surface area contributed by atoms with Gasteiger partial charge in [-0.15, -0.1) is 0 Å². The van der Waals surface area contributed by atoms with E-state index in [1.165, 1.54) is 9.80 Å². The van der Waals surface area contributed by atoms with Crippen LogP contribution in [0, 0.1) is 6.92 Å². The maximum absolute atomic E-state index is 14.4. The van der Waals surface area contributed by atoms with E-state index >= 15 is 0 Å². The van der Waals surface area contributed by atoms with Gasteiger partial charge >= 0.3 is 12.2 Å². The van der Waals surface area contributed by atoms with Crippen LogP contribution in [0.1, 0.15) is 96.0 Å². The van der Waals surface area contributed by atoms with E-state index in [1.54, 1.807) is 96.1 Å². The average molecular weight is 974 g/mol. The quantitative estimate of drug-likeness (QED) is 0.0799. The van der Waals surface area contributed by atoms with Gasteiger partial charge in [0.05, 0.1) is 5.69 Å². The number of rotatable bonds is 12. The number of alkyl carbamates (subject to hydrolysis) is 1. The minimum absolute atomic E-state index is 0.313. The van der Waals surface area contributed by atoms with Gasteiger partial charge in [0.15, 0.2) is 0 Å². The van der Waals surface area contributed by atoms with Gasteiger partial charge in [0.2, 0.25) is 11.8 Å². The van der Waals surface area contributed by atoms with Crippen LogP contribution in [-0.2, 0) is 23.9 Å². The van der Waals surface area contributed by atoms with Gasteiger partial charge < -0.3 is 40.6 Å². The lowest BCUT2D eigenvalue weighted by atomic mass is 9.96. The number of anilines is 2. The van der Waals surface area contributed by atoms with Gasteiger partial charge in [0.1, 0.15) is 29.8 Å². The highest BCUT2D eigenvalue weighted by Crippen LogP contribution is 2.41. The van der Waals surface area contributed by atoms with Gasteiger partial charge in [0, 0.05) is 46.5 Å². The molecular weight excluding hydrogens is 911 g/mol. The number of carbonyl (C=O) groups is 6. The molecule has 2 saturated heterocycles. The summed E-state index contributed by atoms with van der Waals surface area (Å²) in [5, 5.41) is 20.1. The van der Waals surface area contributed by atoms with Crippen molar-refractivity contribution < 1.29 is 38.6 Å². The Kier molecular flexibility index (Phi) is 14.6. The minimum atomic E-state index is -1.23. The first-order chi connectivity index (χ1) is 34.3. The zero-order chi connectivity index (χ0) is 51.5. The molecule has 2 aliphatic heterocycles. The highest BCUT2D eigenvalue weighted by Gasteiger charge is 2.45. The summed E-state index contributed by atoms with van der Waals surface area (Å²) in [6.07, 6.45) is 0.0988. The number of carbonyl (C=O) groups excluding carboxylic acids is 5. The number of fused-ring (bicyclic) bond motifs is 1. The van der Waals surface area contributed by atoms with Crippen LogP contribution in [0.4, 0.5) is 21.0 Å². The molecule has 4 atom stereocenters. The van der Waals surface area contributed by atoms with Gasteiger partial charge in [-0.25, -0.2) is 9.59 Å². The first kappa shape index (κ1) is 50.4. The van der Waals surface area contributed by atoms with Gasteiger partial charge in [-0.1, -0.05) is 103 Å². The van der Waals surface area contributed by atoms with Crippen molar-refractivity contribution in [3.8, 4) is 22.4 Å². The third-order valence-corrected chi connectivity index (χ3v) is 13.1. The van der Waals surface area contributed by atoms with E-state index in [0.717, 1.165) is 43.8 Å². The third kappa shape index (κ3) is 11.1. The first-order valence-corrected chi connectivity index (χ1v) is 24.4. The fourth-order valence-electron chi connectivity index (χ4n) is 9.87. The highest BCUT2D eigenvalue weighted by molar-refractivity contribution is 6.07. The molecule has 6 amide bonds. The molecule has 0 spiro atoms. The third-order valence-electron chi connectivity index (χ3n) is 13.1. The lowest BCUT2D eigenvalue weighted by molar-refractivity contribution is -0.142. The van der Waals surface area contributed by atoms with Crippen LogP contribution in [0.25, 0.3) is 33.3 Å². The van der Waals surface area contributed by atoms with Crippen LogP contribution in [-0.4, -0.2) is 96.9 Å². The largest absolute Gasteiger partial charge is 0.465 e. The van der Waals surface area contributed by atoms with Crippen molar-refractivity contribution in [3.05, 3.63) is 144 Å². The van der Waals surface area contributed by atoms with Crippen LogP contribution in [0.15, 0.2) is 127 Å². The summed E-state index contributed by atoms with van der Waals surface area (Å²) >= 11 is 0. The number of likely N-dealkylation sites (tertiary alicyclic amines) is 2. The predicted molar refractivity (Wildman–Crippen MR) is 278 cm³/mol. The van der Waals surface area contributed by atoms with E-state index in [1.807, 2.05) is 73.7 Å². The molecule has 72 heavy (non-hydrogen) atoms. The fourth-order valence-corrected chi connectivity index (χ4v) is 9.87. The van der Waals surface area contributed by atoms with Crippen molar-refractivity contribution in [2.75, 3.05) is 23.7 Å². The summed E-state index contributed by atoms with van der Waals surface area (Å²) in [4.78, 5) is 90.4. The minimum Gasteiger partial charge on any atom is -0.465 e. The molecule has 0 saturated carbocycles. The van der Waals surface area contributed by atoms with E-state index < -0.39 is 59.3 Å². The van der Waals surface area contributed by atoms with Crippen LogP contribution >= 0.6 is 0 Å². The number of ether oxygens (including phenoxy) is 1. The summed E-state index contributed by atoms with van der Waals surface area (Å²) in [6, 6.07) is 35.2. The molecular formula is C57H63N7O8. The number of aromatic nitrogens is 1. The van der Waals surface area contributed by atoms with Crippen molar-refractivity contribution in [3.63, 3.8) is 0 Å². The van der Waals surface area contributed by atoms with Crippen molar-refractivity contribution in [1.82, 2.24) is 25.0 Å². The lowest BCUT2D eigenvalue weighted by Gasteiger charge is -2.41. The van der Waals surface area contributed by atoms with E-state index in [2.05, 4.69) is 27.0 Å². The molecule has 15 nitrogen and oxygen atoms in total. The smallest absolute Gasteiger partial charge is 0.408 e. The number of H-pyrrole nitrogens is 1. The second kappa shape index (κ2) is 20.8. The second-order valence-corrected chi connectivity index (χ2v) is 20.6. The molecule has 374 valence electrons. The molecule has 0 bridgehead atoms. The second-order valence-electron chi connectivity index (χ2n) is 20.6. The number of hydrogen-bond donors (Lipinski definition) is 5. The molecule has 2 aliphatic rings. The van der Waals surface area contributed by atoms with Gasteiger partial charge in [-0.2, -0.15) is 0 Å². The molecule has 0 radical (unpaired) electrons. The molecule has 0 aliphatic carbocycles. The molecule has 5 N–H and O–H groups in total. The predicted octanol–water partition coefficient (Wildman–Crippen LogP) is 10.5. The number of aryl methyl sites for hydroxylation is 1. The maximum Gasteiger partial charge on any atom is 0.408 e. The number of nitrogens with zero attached hydrogens (tertiary/aromatic N) is 3. The monoisotopic (exact) mass is 973 g/mol. The van der Waals surface area contributed by atoms with E-state index in [0.29, 0.717) is 61.3 Å². The molecule has 1 aromatic heterocycles. The first-order valence-electron chi connectivity index (χ1n) is 24.4. The fraction of sp³-hybridized carbons (Fsp3) is 0.333. The Bertz CT molecular complexity index is 2980. The Labute approximate surface area is 419 Å². The van der Waals surface area contributed by atoms with Gasteiger partial charge in [-0.05, 0) is 127 Å². The number of hydrogen-bond acceptors (Lipinski definition) is 7. The van der Waals surface area contributed by atoms with Crippen LogP contribution in [0.3, 0.4) is 0 Å². The maximum atomic E-state index is 14.4. The summed E-state index contributed by atoms with van der Waals surface area (Å²) in [6.45, 7) is 13.2. The number of aromatic amines is 1. The van der Waals surface area contributed by atoms with Crippen LogP contribution in [0.2, 0.25) is 0 Å². The van der Waals surface area contributed by atoms with Gasteiger partial charge in [0.25, 0.3) is 11.8 Å². The SMILES string of the molecule is Cc1cccc(-c2c(-c3ccc(NC(=O)[C@@H]4CCCN4C(=O)[C@@H](c4ccccc4)N(C(=O)O)C(C)(C)C)cc3)[nH]c3ccc(NC(=O)[C@@H]4CCCN4C(=O)[C@H](NC(=O)OC(C)(C)C)c4ccccc4)cc23)c1. The standard InChI is InChI=1S/C57H63N7O8/c1-35-17-14-22-39(33-35)46-42-34-41(59-51(66)44-23-15-31-62(44)52(67)48(36-18-10-8-11-19-36)61-54(69)72-57(5,6)7)29-30-43(42)60-47(46)37-25-27-40(28-26-37)58-50(65)45-24-16-32-63(45)53(68)49(38-20-12-9-13-21-38)64(55(70)71)56(2,3)4/h8-14,17-22,25-30,33-34,44-45,48-49,60H,15-16,23-24,31-32H2,1-7H3,(H,58,65)(H,59,66)(H,61,69)(H,70,71)/t44-,45-,48+,49+/m0/s1. The molecule has 8 rings (SSSR count).